The Bertz CT molecular complexity index is 4290. The van der Waals surface area contributed by atoms with Crippen LogP contribution in [0.25, 0.3) is 43.4 Å². The molecule has 480 valence electrons. The van der Waals surface area contributed by atoms with Crippen LogP contribution in [0.5, 0.6) is 5.75 Å². The van der Waals surface area contributed by atoms with Gasteiger partial charge in [0.25, 0.3) is 17.7 Å². The van der Waals surface area contributed by atoms with E-state index in [0.717, 1.165) is 34.0 Å². The van der Waals surface area contributed by atoms with Gasteiger partial charge in [0.2, 0.25) is 11.8 Å². The molecule has 7 aromatic heterocycles. The quantitative estimate of drug-likeness (QED) is 0.0637. The summed E-state index contributed by atoms with van der Waals surface area (Å²) < 4.78 is 17.6. The van der Waals surface area contributed by atoms with E-state index in [9.17, 15) is 28.8 Å². The van der Waals surface area contributed by atoms with Crippen molar-refractivity contribution in [3.8, 4) is 49.1 Å². The Hall–Kier alpha value is -9.11. The minimum Gasteiger partial charge on any atom is -0.497 e. The van der Waals surface area contributed by atoms with Crippen molar-refractivity contribution in [3.05, 3.63) is 147 Å². The first kappa shape index (κ1) is 65.4. The number of aryl methyl sites for hydroxylation is 1. The molecule has 11 rings (SSSR count). The van der Waals surface area contributed by atoms with Crippen molar-refractivity contribution in [1.82, 2.24) is 60.6 Å². The van der Waals surface area contributed by atoms with Crippen LogP contribution in [0.1, 0.15) is 124 Å². The fraction of sp³-hybridized carbons (Fsp3) is 0.306. The van der Waals surface area contributed by atoms with E-state index in [-0.39, 0.29) is 58.7 Å². The van der Waals surface area contributed by atoms with Crippen molar-refractivity contribution in [3.63, 3.8) is 0 Å². The number of carbonyl (C=O) groups excluding carboxylic acids is 8. The maximum absolute atomic E-state index is 15.6. The molecule has 9 aromatic rings. The zero-order chi connectivity index (χ0) is 65.8. The highest BCUT2D eigenvalue weighted by Crippen LogP contribution is 2.45. The third kappa shape index (κ3) is 14.9. The SMILES string of the molecule is COc1ccc(C[C@@H]2NC(=O)c3csc(n3)[C@H]([C@H](OC(=O)NCCN(C)C)c3ccccc3)CC(=O)c3nc(sc3C)[C@H](CC(N)=O)NC(=O)c3csc(n3)-c3ccc(-c4nc(C(N)=O)cs4)nc3-c3csc(n3)-c3csc(n3)[C@@H]3[C@@H](C)[C@@H](OC(C)=O)CN3C2=O)cc1. The second-order valence-corrected chi connectivity index (χ2v) is 27.7. The van der Waals surface area contributed by atoms with Gasteiger partial charge in [-0.1, -0.05) is 49.4 Å². The van der Waals surface area contributed by atoms with Gasteiger partial charge < -0.3 is 51.4 Å². The van der Waals surface area contributed by atoms with Crippen LogP contribution in [-0.2, 0) is 30.3 Å². The average Bonchev–Trinajstić information content (AvgIpc) is 1.78. The molecule has 9 heterocycles. The minimum atomic E-state index is -1.26. The molecular weight excluding hydrogens is 1310 g/mol. The lowest BCUT2D eigenvalue weighted by atomic mass is 9.90. The number of pyridine rings is 1. The maximum Gasteiger partial charge on any atom is 0.407 e. The molecule has 31 heteroatoms. The number of thiazole rings is 6. The number of amides is 6. The van der Waals surface area contributed by atoms with Crippen molar-refractivity contribution < 1.29 is 52.6 Å². The largest absolute Gasteiger partial charge is 0.497 e. The zero-order valence-corrected chi connectivity index (χ0v) is 55.5. The fourth-order valence-electron chi connectivity index (χ4n) is 10.7. The maximum atomic E-state index is 15.6. The molecule has 10 bridgehead atoms. The van der Waals surface area contributed by atoms with E-state index in [1.54, 1.807) is 89.3 Å². The summed E-state index contributed by atoms with van der Waals surface area (Å²) in [6, 6.07) is 16.1. The number of ketones is 1. The van der Waals surface area contributed by atoms with Crippen LogP contribution in [-0.4, -0.2) is 145 Å². The molecule has 0 radical (unpaired) electrons. The number of primary amides is 2. The smallest absolute Gasteiger partial charge is 0.407 e. The molecule has 2 aliphatic rings. The highest BCUT2D eigenvalue weighted by atomic mass is 32.1. The summed E-state index contributed by atoms with van der Waals surface area (Å²) in [4.78, 5) is 149. The van der Waals surface area contributed by atoms with Gasteiger partial charge >= 0.3 is 12.1 Å². The lowest BCUT2D eigenvalue weighted by molar-refractivity contribution is -0.148. The summed E-state index contributed by atoms with van der Waals surface area (Å²) in [7, 11) is 5.24. The minimum absolute atomic E-state index is 0.00287. The number of rotatable bonds is 14. The zero-order valence-electron chi connectivity index (χ0n) is 50.6. The number of Topliss-reactive ketones (excluding diaryl/α,β-unsaturated/α-hetero) is 1. The molecule has 0 aliphatic carbocycles. The molecule has 0 spiro atoms. The van der Waals surface area contributed by atoms with E-state index in [2.05, 4.69) is 20.9 Å². The first-order valence-electron chi connectivity index (χ1n) is 28.9. The Morgan fingerprint density at radius 1 is 0.720 bits per heavy atom. The predicted octanol–water partition coefficient (Wildman–Crippen LogP) is 8.44. The molecule has 2 aliphatic heterocycles. The van der Waals surface area contributed by atoms with Gasteiger partial charge in [-0.15, -0.1) is 68.0 Å². The molecule has 0 unspecified atom stereocenters. The normalized spacial score (nSPS) is 18.8. The van der Waals surface area contributed by atoms with Crippen LogP contribution in [0.15, 0.2) is 93.6 Å². The van der Waals surface area contributed by atoms with E-state index in [1.807, 2.05) is 31.3 Å². The molecule has 2 aromatic carbocycles. The Morgan fingerprint density at radius 2 is 1.38 bits per heavy atom. The van der Waals surface area contributed by atoms with Gasteiger partial charge in [0.15, 0.2) is 5.78 Å². The number of hydrogen-bond donors (Lipinski definition) is 5. The van der Waals surface area contributed by atoms with Crippen molar-refractivity contribution in [2.75, 3.05) is 40.8 Å². The van der Waals surface area contributed by atoms with Gasteiger partial charge in [-0.25, -0.2) is 39.7 Å². The number of benzene rings is 2. The van der Waals surface area contributed by atoms with Crippen LogP contribution < -0.4 is 32.2 Å². The van der Waals surface area contributed by atoms with E-state index >= 15 is 9.59 Å². The first-order valence-corrected chi connectivity index (χ1v) is 34.1. The average molecular weight is 1370 g/mol. The van der Waals surface area contributed by atoms with E-state index in [0.29, 0.717) is 76.7 Å². The van der Waals surface area contributed by atoms with Crippen molar-refractivity contribution in [2.45, 2.75) is 76.3 Å². The number of nitrogens with two attached hydrogens (primary N) is 2. The second-order valence-electron chi connectivity index (χ2n) is 22.1. The lowest BCUT2D eigenvalue weighted by Crippen LogP contribution is -2.50. The Labute approximate surface area is 556 Å². The number of likely N-dealkylation sites (N-methyl/N-ethyl adjacent to an activating group) is 1. The number of ether oxygens (including phenoxy) is 3. The highest BCUT2D eigenvalue weighted by Gasteiger charge is 2.48. The van der Waals surface area contributed by atoms with Crippen LogP contribution in [0.4, 0.5) is 4.79 Å². The Kier molecular flexibility index (Phi) is 20.0. The number of alkyl carbamates (subject to hydrolysis) is 1. The summed E-state index contributed by atoms with van der Waals surface area (Å²) in [6.07, 6.45) is -3.54. The number of nitrogens with one attached hydrogen (secondary N) is 3. The molecule has 1 fully saturated rings. The molecule has 6 amide bonds. The standard InChI is InChI=1S/C62H60N14O11S6/c1-29-46(86-31(3)77)23-76-50(29)60-73-44(28-92-60)58-69-40(24-90-58)49-35(16-17-37(66-49)57-70-41(25-91-57)52(64)80)55-71-42(26-88-55)53(81)67-38(22-47(63)79)59-74-48(30(2)93-59)45(78)21-36(51(33-10-8-7-9-11-33)87-62(84)65-18-19-75(4)5)56-72-43(27-89-56)54(82)68-39(61(76)83)20-32-12-14-34(85-6)15-13-32/h7-17,24-29,36,38-39,46,50-51H,18-23H2,1-6H3,(H2,63,79)(H2,64,80)(H,65,84)(H,67,81)(H,68,82)/t29-,36-,38-,39-,46-,50-,51+/m0/s1. The first-order chi connectivity index (χ1) is 44.7. The number of fused-ring (bicyclic) bond motifs is 16. The van der Waals surface area contributed by atoms with Crippen molar-refractivity contribution in [1.29, 1.82) is 0 Å². The lowest BCUT2D eigenvalue weighted by Gasteiger charge is -2.29. The molecule has 0 saturated carbocycles. The summed E-state index contributed by atoms with van der Waals surface area (Å²) >= 11 is 6.97. The number of esters is 1. The van der Waals surface area contributed by atoms with E-state index in [1.165, 1.54) is 58.8 Å². The fourth-order valence-corrected chi connectivity index (χ4v) is 16.1. The van der Waals surface area contributed by atoms with Gasteiger partial charge in [-0.3, -0.25) is 33.6 Å². The van der Waals surface area contributed by atoms with Gasteiger partial charge in [0.05, 0.1) is 43.8 Å². The van der Waals surface area contributed by atoms with Gasteiger partial charge in [0.1, 0.15) is 93.9 Å². The van der Waals surface area contributed by atoms with Crippen LogP contribution in [0.3, 0.4) is 0 Å². The number of aromatic nitrogens is 7. The number of carbonyl (C=O) groups is 8. The molecule has 25 nitrogen and oxygen atoms in total. The third-order valence-electron chi connectivity index (χ3n) is 15.3. The monoisotopic (exact) mass is 1370 g/mol. The van der Waals surface area contributed by atoms with Crippen LogP contribution in [0, 0.1) is 12.8 Å². The van der Waals surface area contributed by atoms with Crippen LogP contribution in [0.2, 0.25) is 0 Å². The summed E-state index contributed by atoms with van der Waals surface area (Å²) in [6.45, 7) is 5.50. The van der Waals surface area contributed by atoms with Crippen molar-refractivity contribution in [2.24, 2.45) is 17.4 Å². The second kappa shape index (κ2) is 28.4. The molecular formula is C62H60N14O11S6. The van der Waals surface area contributed by atoms with Gasteiger partial charge in [-0.05, 0) is 56.4 Å². The molecule has 1 saturated heterocycles. The highest BCUT2D eigenvalue weighted by molar-refractivity contribution is 7.15. The number of nitrogens with zero attached hydrogens (tertiary/aromatic N) is 9. The van der Waals surface area contributed by atoms with Gasteiger partial charge in [0, 0.05) is 76.1 Å². The van der Waals surface area contributed by atoms with E-state index < -0.39 is 96.0 Å². The number of hydrogen-bond acceptors (Lipinski definition) is 25. The topological polar surface area (TPSA) is 349 Å². The van der Waals surface area contributed by atoms with Gasteiger partial charge in [-0.2, -0.15) is 0 Å². The summed E-state index contributed by atoms with van der Waals surface area (Å²) in [5.74, 6) is -5.51. The van der Waals surface area contributed by atoms with E-state index in [4.69, 9.17) is 55.6 Å². The van der Waals surface area contributed by atoms with Crippen LogP contribution >= 0.6 is 68.0 Å². The summed E-state index contributed by atoms with van der Waals surface area (Å²) in [5.41, 5.74) is 14.5. The predicted molar refractivity (Wildman–Crippen MR) is 351 cm³/mol. The number of methoxy groups -OCH3 is 1. The Balaban J connectivity index is 1.04. The molecule has 7 atom stereocenters. The summed E-state index contributed by atoms with van der Waals surface area (Å²) in [5, 5.41) is 19.0. The Morgan fingerprint density at radius 3 is 2.09 bits per heavy atom. The molecule has 93 heavy (non-hydrogen) atoms. The van der Waals surface area contributed by atoms with Crippen molar-refractivity contribution >= 4 is 115 Å². The third-order valence-corrected chi connectivity index (χ3v) is 20.9. The molecule has 7 N–H and O–H groups in total.